The Labute approximate surface area is 237 Å². The van der Waals surface area contributed by atoms with Gasteiger partial charge in [0.25, 0.3) is 0 Å². The number of benzene rings is 1. The molecule has 4 unspecified atom stereocenters. The summed E-state index contributed by atoms with van der Waals surface area (Å²) < 4.78 is 0. The number of aliphatic carboxylic acids is 1. The first-order chi connectivity index (χ1) is 18.9. The van der Waals surface area contributed by atoms with E-state index in [1.54, 1.807) is 30.3 Å². The molecule has 222 valence electrons. The average Bonchev–Trinajstić information content (AvgIpc) is 2.90. The quantitative estimate of drug-likeness (QED) is 0.0515. The third-order valence-corrected chi connectivity index (χ3v) is 6.40. The Morgan fingerprint density at radius 2 is 1.45 bits per heavy atom. The van der Waals surface area contributed by atoms with Crippen molar-refractivity contribution in [1.82, 2.24) is 16.0 Å². The van der Waals surface area contributed by atoms with Gasteiger partial charge < -0.3 is 44.0 Å². The van der Waals surface area contributed by atoms with Crippen LogP contribution in [0.2, 0.25) is 0 Å². The Morgan fingerprint density at radius 3 is 2.00 bits per heavy atom. The first-order valence-electron chi connectivity index (χ1n) is 12.7. The van der Waals surface area contributed by atoms with E-state index < -0.39 is 53.8 Å². The van der Waals surface area contributed by atoms with Crippen molar-refractivity contribution in [3.8, 4) is 0 Å². The van der Waals surface area contributed by atoms with Crippen LogP contribution >= 0.6 is 11.8 Å². The molecule has 0 saturated carbocycles. The number of carboxylic acid groups (broad SMARTS) is 1. The fourth-order valence-corrected chi connectivity index (χ4v) is 4.06. The van der Waals surface area contributed by atoms with Crippen molar-refractivity contribution >= 4 is 47.3 Å². The molecule has 0 aliphatic carbocycles. The molecule has 0 spiro atoms. The molecule has 0 heterocycles. The fourth-order valence-electron chi connectivity index (χ4n) is 3.58. The molecule has 1 aromatic carbocycles. The zero-order valence-electron chi connectivity index (χ0n) is 22.5. The van der Waals surface area contributed by atoms with Crippen LogP contribution in [0.15, 0.2) is 35.3 Å². The summed E-state index contributed by atoms with van der Waals surface area (Å²) in [5.74, 6) is -3.60. The van der Waals surface area contributed by atoms with Crippen LogP contribution in [0.5, 0.6) is 0 Å². The zero-order chi connectivity index (χ0) is 30.1. The molecule has 0 aliphatic rings. The normalized spacial score (nSPS) is 13.7. The number of guanidine groups is 1. The maximum atomic E-state index is 13.2. The number of primary amides is 1. The van der Waals surface area contributed by atoms with Crippen molar-refractivity contribution in [2.45, 2.75) is 62.7 Å². The molecule has 14 nitrogen and oxygen atoms in total. The van der Waals surface area contributed by atoms with Gasteiger partial charge in [-0.25, -0.2) is 4.79 Å². The van der Waals surface area contributed by atoms with Gasteiger partial charge in [0.15, 0.2) is 5.96 Å². The van der Waals surface area contributed by atoms with Gasteiger partial charge in [-0.15, -0.1) is 0 Å². The maximum Gasteiger partial charge on any atom is 0.326 e. The number of thioether (sulfide) groups is 1. The van der Waals surface area contributed by atoms with E-state index in [4.69, 9.17) is 22.9 Å². The summed E-state index contributed by atoms with van der Waals surface area (Å²) in [5, 5.41) is 17.2. The first-order valence-corrected chi connectivity index (χ1v) is 14.1. The molecule has 15 heteroatoms. The molecular weight excluding hydrogens is 540 g/mol. The van der Waals surface area contributed by atoms with Gasteiger partial charge in [-0.05, 0) is 43.3 Å². The molecule has 1 rings (SSSR count). The van der Waals surface area contributed by atoms with Crippen LogP contribution in [-0.2, 0) is 30.4 Å². The molecule has 40 heavy (non-hydrogen) atoms. The van der Waals surface area contributed by atoms with Crippen molar-refractivity contribution in [3.63, 3.8) is 0 Å². The van der Waals surface area contributed by atoms with Crippen molar-refractivity contribution in [1.29, 1.82) is 0 Å². The third kappa shape index (κ3) is 13.8. The number of carbonyl (C=O) groups is 5. The summed E-state index contributed by atoms with van der Waals surface area (Å²) in [7, 11) is 0. The van der Waals surface area contributed by atoms with Crippen LogP contribution in [-0.4, -0.2) is 83.4 Å². The number of nitrogens with one attached hydrogen (secondary N) is 3. The molecule has 0 saturated heterocycles. The van der Waals surface area contributed by atoms with Crippen molar-refractivity contribution in [2.75, 3.05) is 18.6 Å². The van der Waals surface area contributed by atoms with Crippen molar-refractivity contribution < 1.29 is 29.1 Å². The molecule has 0 aromatic heterocycles. The topological polar surface area (TPSA) is 258 Å². The smallest absolute Gasteiger partial charge is 0.326 e. The Morgan fingerprint density at radius 1 is 0.875 bits per heavy atom. The summed E-state index contributed by atoms with van der Waals surface area (Å²) >= 11 is 1.43. The lowest BCUT2D eigenvalue weighted by atomic mass is 10.0. The first kappa shape index (κ1) is 34.2. The van der Waals surface area contributed by atoms with Gasteiger partial charge in [0.2, 0.25) is 23.6 Å². The van der Waals surface area contributed by atoms with Crippen molar-refractivity contribution in [3.05, 3.63) is 35.9 Å². The Bertz CT molecular complexity index is 1020. The molecule has 0 bridgehead atoms. The third-order valence-electron chi connectivity index (χ3n) is 5.76. The van der Waals surface area contributed by atoms with Crippen LogP contribution in [0.4, 0.5) is 0 Å². The van der Waals surface area contributed by atoms with E-state index in [0.29, 0.717) is 17.7 Å². The van der Waals surface area contributed by atoms with Gasteiger partial charge in [0, 0.05) is 19.4 Å². The lowest BCUT2D eigenvalue weighted by molar-refractivity contribution is -0.142. The second-order valence-corrected chi connectivity index (χ2v) is 10.0. The number of nitrogens with two attached hydrogens (primary N) is 4. The number of aliphatic imine (C=N–C) groups is 1. The second-order valence-electron chi connectivity index (χ2n) is 9.05. The highest BCUT2D eigenvalue weighted by Crippen LogP contribution is 2.08. The molecule has 4 atom stereocenters. The zero-order valence-corrected chi connectivity index (χ0v) is 23.3. The van der Waals surface area contributed by atoms with Gasteiger partial charge in [0.1, 0.15) is 18.1 Å². The van der Waals surface area contributed by atoms with Crippen LogP contribution in [0.3, 0.4) is 0 Å². The summed E-state index contributed by atoms with van der Waals surface area (Å²) in [6, 6.07) is 4.26. The lowest BCUT2D eigenvalue weighted by Gasteiger charge is -2.25. The molecule has 0 aliphatic heterocycles. The number of amides is 4. The number of hydrogen-bond donors (Lipinski definition) is 8. The lowest BCUT2D eigenvalue weighted by Crippen LogP contribution is -2.57. The van der Waals surface area contributed by atoms with E-state index in [0.717, 1.165) is 0 Å². The van der Waals surface area contributed by atoms with Gasteiger partial charge in [-0.2, -0.15) is 11.8 Å². The van der Waals surface area contributed by atoms with E-state index in [1.165, 1.54) is 11.8 Å². The summed E-state index contributed by atoms with van der Waals surface area (Å²) in [4.78, 5) is 66.0. The van der Waals surface area contributed by atoms with E-state index in [2.05, 4.69) is 20.9 Å². The van der Waals surface area contributed by atoms with E-state index in [1.807, 2.05) is 6.26 Å². The SMILES string of the molecule is CSCCC(NC(=O)C(CCC(N)=O)NC(=O)C(N)CCCN=C(N)N)C(=O)NC(Cc1ccccc1)C(=O)O. The number of carbonyl (C=O) groups excluding carboxylic acids is 4. The molecule has 12 N–H and O–H groups in total. The number of nitrogens with zero attached hydrogens (tertiary/aromatic N) is 1. The van der Waals surface area contributed by atoms with E-state index in [-0.39, 0.29) is 44.6 Å². The number of carboxylic acids is 1. The van der Waals surface area contributed by atoms with Gasteiger partial charge in [-0.1, -0.05) is 30.3 Å². The summed E-state index contributed by atoms with van der Waals surface area (Å²) in [6.45, 7) is 0.267. The summed E-state index contributed by atoms with van der Waals surface area (Å²) in [5.41, 5.74) is 22.4. The minimum absolute atomic E-state index is 0.0451. The standard InChI is InChI=1S/C25H40N8O6S/c1-40-13-11-18(23(37)33-19(24(38)39)14-15-6-3-2-4-7-15)32-22(36)17(9-10-20(27)34)31-21(35)16(26)8-5-12-30-25(28)29/h2-4,6-7,16-19H,5,8-14,26H2,1H3,(H2,27,34)(H,31,35)(H,32,36)(H,33,37)(H,38,39)(H4,28,29,30). The second kappa shape index (κ2) is 18.4. The molecule has 1 aromatic rings. The predicted molar refractivity (Wildman–Crippen MR) is 153 cm³/mol. The highest BCUT2D eigenvalue weighted by atomic mass is 32.2. The molecular formula is C25H40N8O6S. The monoisotopic (exact) mass is 580 g/mol. The highest BCUT2D eigenvalue weighted by Gasteiger charge is 2.30. The number of rotatable bonds is 19. The Balaban J connectivity index is 2.95. The highest BCUT2D eigenvalue weighted by molar-refractivity contribution is 7.98. The van der Waals surface area contributed by atoms with Crippen LogP contribution in [0.25, 0.3) is 0 Å². The number of hydrogen-bond acceptors (Lipinski definition) is 8. The largest absolute Gasteiger partial charge is 0.480 e. The predicted octanol–water partition coefficient (Wildman–Crippen LogP) is -1.83. The Kier molecular flexibility index (Phi) is 15.8. The van der Waals surface area contributed by atoms with Crippen molar-refractivity contribution in [2.24, 2.45) is 27.9 Å². The fraction of sp³-hybridized carbons (Fsp3) is 0.520. The summed E-state index contributed by atoms with van der Waals surface area (Å²) in [6.07, 6.45) is 2.35. The Hall–Kier alpha value is -3.85. The molecule has 0 fully saturated rings. The van der Waals surface area contributed by atoms with Gasteiger partial charge in [-0.3, -0.25) is 24.2 Å². The van der Waals surface area contributed by atoms with Crippen LogP contribution in [0, 0.1) is 0 Å². The van der Waals surface area contributed by atoms with Gasteiger partial charge >= 0.3 is 5.97 Å². The van der Waals surface area contributed by atoms with Gasteiger partial charge in [0.05, 0.1) is 6.04 Å². The average molecular weight is 581 g/mol. The molecule has 4 amide bonds. The van der Waals surface area contributed by atoms with E-state index >= 15 is 0 Å². The minimum atomic E-state index is -1.23. The maximum absolute atomic E-state index is 13.2. The minimum Gasteiger partial charge on any atom is -0.480 e. The van der Waals surface area contributed by atoms with Crippen LogP contribution < -0.4 is 38.9 Å². The van der Waals surface area contributed by atoms with E-state index in [9.17, 15) is 29.1 Å². The molecule has 0 radical (unpaired) electrons. The van der Waals surface area contributed by atoms with Crippen LogP contribution in [0.1, 0.15) is 37.7 Å².